The van der Waals surface area contributed by atoms with E-state index < -0.39 is 16.9 Å². The van der Waals surface area contributed by atoms with Gasteiger partial charge in [0.05, 0.1) is 35.3 Å². The Morgan fingerprint density at radius 2 is 1.85 bits per heavy atom. The molecule has 0 amide bonds. The number of nitrogens with one attached hydrogen (secondary N) is 1. The van der Waals surface area contributed by atoms with Gasteiger partial charge in [-0.05, 0) is 38.7 Å². The summed E-state index contributed by atoms with van der Waals surface area (Å²) in [5.74, 6) is -0.0139. The van der Waals surface area contributed by atoms with Crippen LogP contribution in [0.5, 0.6) is 11.5 Å². The summed E-state index contributed by atoms with van der Waals surface area (Å²) in [4.78, 5) is 29.0. The van der Waals surface area contributed by atoms with Crippen LogP contribution in [0.25, 0.3) is 0 Å². The lowest BCUT2D eigenvalue weighted by atomic mass is 9.94. The standard InChI is InChI=1S/C24H27N3O6S/c1-5-31-19-12-17(22-21(23(28)32-6-2)15(3)25-24(26-22)34-4)18(27(29)30)13-20(19)33-14-16-10-8-7-9-11-16/h7-13,22H,5-6,14H2,1-4H3,(H,25,26)/t22-/m0/s1. The average molecular weight is 486 g/mol. The molecule has 1 heterocycles. The zero-order valence-electron chi connectivity index (χ0n) is 19.5. The molecule has 1 aliphatic rings. The van der Waals surface area contributed by atoms with Crippen molar-refractivity contribution in [3.05, 3.63) is 75.0 Å². The zero-order chi connectivity index (χ0) is 24.7. The van der Waals surface area contributed by atoms with Crippen molar-refractivity contribution >= 4 is 28.6 Å². The van der Waals surface area contributed by atoms with Gasteiger partial charge in [-0.15, -0.1) is 0 Å². The second-order valence-corrected chi connectivity index (χ2v) is 8.04. The maximum absolute atomic E-state index is 12.8. The molecule has 1 aliphatic heterocycles. The van der Waals surface area contributed by atoms with Gasteiger partial charge in [-0.1, -0.05) is 42.1 Å². The molecule has 2 aromatic rings. The van der Waals surface area contributed by atoms with Gasteiger partial charge < -0.3 is 19.5 Å². The fourth-order valence-corrected chi connectivity index (χ4v) is 3.97. The number of ether oxygens (including phenoxy) is 3. The minimum Gasteiger partial charge on any atom is -0.490 e. The Hall–Kier alpha value is -3.53. The first-order valence-corrected chi connectivity index (χ1v) is 12.0. The minimum atomic E-state index is -0.939. The maximum atomic E-state index is 12.8. The van der Waals surface area contributed by atoms with Crippen LogP contribution in [0.15, 0.2) is 58.7 Å². The number of thioether (sulfide) groups is 1. The second kappa shape index (κ2) is 11.6. The maximum Gasteiger partial charge on any atom is 0.338 e. The van der Waals surface area contributed by atoms with Crippen molar-refractivity contribution in [3.63, 3.8) is 0 Å². The lowest BCUT2D eigenvalue weighted by molar-refractivity contribution is -0.385. The number of amidine groups is 1. The van der Waals surface area contributed by atoms with Gasteiger partial charge in [0.15, 0.2) is 16.7 Å². The van der Waals surface area contributed by atoms with E-state index in [0.717, 1.165) is 5.56 Å². The Kier molecular flexibility index (Phi) is 8.53. The lowest BCUT2D eigenvalue weighted by Gasteiger charge is -2.25. The molecular weight excluding hydrogens is 458 g/mol. The van der Waals surface area contributed by atoms with E-state index in [-0.39, 0.29) is 35.8 Å². The first-order chi connectivity index (χ1) is 16.4. The SMILES string of the molecule is CCOC(=O)C1=C(C)NC(SC)=N[C@H]1c1cc(OCC)c(OCc2ccccc2)cc1[N+](=O)[O-]. The van der Waals surface area contributed by atoms with Crippen molar-refractivity contribution in [2.75, 3.05) is 19.5 Å². The Labute approximate surface area is 202 Å². The summed E-state index contributed by atoms with van der Waals surface area (Å²) in [5.41, 5.74) is 1.64. The highest BCUT2D eigenvalue weighted by molar-refractivity contribution is 8.13. The molecule has 34 heavy (non-hydrogen) atoms. The molecule has 9 nitrogen and oxygen atoms in total. The topological polar surface area (TPSA) is 112 Å². The van der Waals surface area contributed by atoms with Crippen LogP contribution in [0.3, 0.4) is 0 Å². The molecule has 0 spiro atoms. The van der Waals surface area contributed by atoms with Gasteiger partial charge in [0.1, 0.15) is 12.6 Å². The summed E-state index contributed by atoms with van der Waals surface area (Å²) in [6.45, 7) is 5.93. The van der Waals surface area contributed by atoms with E-state index in [2.05, 4.69) is 10.3 Å². The molecule has 0 saturated carbocycles. The number of benzene rings is 2. The normalized spacial score (nSPS) is 15.3. The van der Waals surface area contributed by atoms with Gasteiger partial charge in [0.25, 0.3) is 5.69 Å². The summed E-state index contributed by atoms with van der Waals surface area (Å²) in [7, 11) is 0. The van der Waals surface area contributed by atoms with E-state index in [4.69, 9.17) is 14.2 Å². The van der Waals surface area contributed by atoms with Crippen molar-refractivity contribution in [1.82, 2.24) is 5.32 Å². The van der Waals surface area contributed by atoms with Crippen molar-refractivity contribution in [2.45, 2.75) is 33.4 Å². The highest BCUT2D eigenvalue weighted by Crippen LogP contribution is 2.43. The number of carbonyl (C=O) groups excluding carboxylic acids is 1. The molecule has 0 aromatic heterocycles. The first kappa shape index (κ1) is 25.1. The van der Waals surface area contributed by atoms with E-state index in [9.17, 15) is 14.9 Å². The van der Waals surface area contributed by atoms with Crippen LogP contribution in [0.2, 0.25) is 0 Å². The molecule has 0 fully saturated rings. The Balaban J connectivity index is 2.11. The largest absolute Gasteiger partial charge is 0.490 e. The highest BCUT2D eigenvalue weighted by atomic mass is 32.2. The molecule has 0 aliphatic carbocycles. The predicted octanol–water partition coefficient (Wildman–Crippen LogP) is 4.77. The Morgan fingerprint density at radius 1 is 1.15 bits per heavy atom. The fourth-order valence-electron chi connectivity index (χ4n) is 3.51. The van der Waals surface area contributed by atoms with E-state index in [1.165, 1.54) is 23.9 Å². The Morgan fingerprint density at radius 3 is 2.47 bits per heavy atom. The van der Waals surface area contributed by atoms with E-state index in [1.54, 1.807) is 13.8 Å². The number of rotatable bonds is 9. The number of allylic oxidation sites excluding steroid dienone is 1. The first-order valence-electron chi connectivity index (χ1n) is 10.8. The molecule has 1 atom stereocenters. The molecule has 3 rings (SSSR count). The summed E-state index contributed by atoms with van der Waals surface area (Å²) in [6, 6.07) is 11.4. The van der Waals surface area contributed by atoms with Gasteiger partial charge >= 0.3 is 5.97 Å². The molecule has 2 aromatic carbocycles. The third-order valence-corrected chi connectivity index (χ3v) is 5.62. The number of nitrogens with zero attached hydrogens (tertiary/aromatic N) is 2. The molecule has 0 saturated heterocycles. The zero-order valence-corrected chi connectivity index (χ0v) is 20.3. The van der Waals surface area contributed by atoms with Gasteiger partial charge in [-0.25, -0.2) is 9.79 Å². The molecule has 10 heteroatoms. The van der Waals surface area contributed by atoms with E-state index >= 15 is 0 Å². The van der Waals surface area contributed by atoms with E-state index in [1.807, 2.05) is 43.5 Å². The van der Waals surface area contributed by atoms with Crippen LogP contribution < -0.4 is 14.8 Å². The molecular formula is C24H27N3O6S. The van der Waals surface area contributed by atoms with Crippen LogP contribution in [-0.4, -0.2) is 35.5 Å². The molecule has 0 bridgehead atoms. The number of carbonyl (C=O) groups is 1. The number of hydrogen-bond donors (Lipinski definition) is 1. The van der Waals surface area contributed by atoms with Crippen LogP contribution in [-0.2, 0) is 16.1 Å². The number of aliphatic imine (C=N–C) groups is 1. The smallest absolute Gasteiger partial charge is 0.338 e. The number of esters is 1. The molecule has 0 radical (unpaired) electrons. The third-order valence-electron chi connectivity index (χ3n) is 5.03. The summed E-state index contributed by atoms with van der Waals surface area (Å²) >= 11 is 1.34. The fraction of sp³-hybridized carbons (Fsp3) is 0.333. The third kappa shape index (κ3) is 5.69. The van der Waals surface area contributed by atoms with Gasteiger partial charge in [-0.2, -0.15) is 0 Å². The quantitative estimate of drug-likeness (QED) is 0.307. The average Bonchev–Trinajstić information content (AvgIpc) is 2.83. The summed E-state index contributed by atoms with van der Waals surface area (Å²) in [5, 5.41) is 15.7. The molecule has 180 valence electrons. The van der Waals surface area contributed by atoms with Crippen LogP contribution in [0.4, 0.5) is 5.69 Å². The Bertz CT molecular complexity index is 1120. The van der Waals surface area contributed by atoms with E-state index in [0.29, 0.717) is 23.2 Å². The molecule has 0 unspecified atom stereocenters. The van der Waals surface area contributed by atoms with Crippen LogP contribution >= 0.6 is 11.8 Å². The van der Waals surface area contributed by atoms with Crippen LogP contribution in [0, 0.1) is 10.1 Å². The van der Waals surface area contributed by atoms with Gasteiger partial charge in [0.2, 0.25) is 0 Å². The van der Waals surface area contributed by atoms with Crippen molar-refractivity contribution in [3.8, 4) is 11.5 Å². The van der Waals surface area contributed by atoms with Gasteiger partial charge in [-0.3, -0.25) is 10.1 Å². The second-order valence-electron chi connectivity index (χ2n) is 7.25. The lowest BCUT2D eigenvalue weighted by Crippen LogP contribution is -2.30. The summed E-state index contributed by atoms with van der Waals surface area (Å²) in [6.07, 6.45) is 1.83. The number of nitro benzene ring substituents is 1. The monoisotopic (exact) mass is 485 g/mol. The summed E-state index contributed by atoms with van der Waals surface area (Å²) < 4.78 is 16.9. The van der Waals surface area contributed by atoms with Crippen molar-refractivity contribution in [1.29, 1.82) is 0 Å². The highest BCUT2D eigenvalue weighted by Gasteiger charge is 2.35. The van der Waals surface area contributed by atoms with Gasteiger partial charge in [0, 0.05) is 5.70 Å². The predicted molar refractivity (Wildman–Crippen MR) is 131 cm³/mol. The minimum absolute atomic E-state index is 0.167. The van der Waals surface area contributed by atoms with Crippen molar-refractivity contribution < 1.29 is 23.9 Å². The molecule has 1 N–H and O–H groups in total. The number of hydrogen-bond acceptors (Lipinski definition) is 9. The van der Waals surface area contributed by atoms with Crippen molar-refractivity contribution in [2.24, 2.45) is 4.99 Å². The number of nitro groups is 1. The van der Waals surface area contributed by atoms with Crippen LogP contribution in [0.1, 0.15) is 37.9 Å².